The second-order valence-electron chi connectivity index (χ2n) is 7.13. The zero-order chi connectivity index (χ0) is 20.5. The van der Waals surface area contributed by atoms with Crippen LogP contribution in [0.3, 0.4) is 0 Å². The van der Waals surface area contributed by atoms with Crippen LogP contribution in [0.5, 0.6) is 17.2 Å². The van der Waals surface area contributed by atoms with Gasteiger partial charge in [-0.25, -0.2) is 0 Å². The van der Waals surface area contributed by atoms with Gasteiger partial charge in [0.05, 0.1) is 20.3 Å². The molecule has 0 heterocycles. The lowest BCUT2D eigenvalue weighted by atomic mass is 9.96. The number of carbonyl (C=O) groups is 1. The van der Waals surface area contributed by atoms with Crippen molar-refractivity contribution in [2.45, 2.75) is 45.8 Å². The molecule has 0 unspecified atom stereocenters. The van der Waals surface area contributed by atoms with Crippen molar-refractivity contribution in [2.24, 2.45) is 5.92 Å². The van der Waals surface area contributed by atoms with Crippen molar-refractivity contribution in [1.82, 2.24) is 5.32 Å². The van der Waals surface area contributed by atoms with E-state index in [1.54, 1.807) is 14.2 Å². The van der Waals surface area contributed by atoms with Crippen LogP contribution < -0.4 is 19.5 Å². The van der Waals surface area contributed by atoms with Gasteiger partial charge in [-0.1, -0.05) is 45.0 Å². The molecule has 5 heteroatoms. The van der Waals surface area contributed by atoms with E-state index in [9.17, 15) is 4.79 Å². The highest BCUT2D eigenvalue weighted by Crippen LogP contribution is 2.28. The maximum absolute atomic E-state index is 13.0. The quantitative estimate of drug-likeness (QED) is 0.640. The molecular formula is C23H31NO4. The standard InChI is InChI=1S/C23H31NO4/c1-6-20(28-22-10-8-7-9-21(22)27-5)23(25)24-19(15-16(2)3)17-11-13-18(26-4)14-12-17/h7-14,16,19-20H,6,15H2,1-5H3,(H,24,25)/t19-,20+/m1/s1. The van der Waals surface area contributed by atoms with Gasteiger partial charge in [0, 0.05) is 0 Å². The number of para-hydroxylation sites is 2. The zero-order valence-electron chi connectivity index (χ0n) is 17.4. The van der Waals surface area contributed by atoms with Gasteiger partial charge < -0.3 is 19.5 Å². The fourth-order valence-corrected chi connectivity index (χ4v) is 3.04. The molecule has 0 fully saturated rings. The van der Waals surface area contributed by atoms with Gasteiger partial charge in [-0.3, -0.25) is 4.79 Å². The lowest BCUT2D eigenvalue weighted by molar-refractivity contribution is -0.129. The third-order valence-electron chi connectivity index (χ3n) is 4.54. The summed E-state index contributed by atoms with van der Waals surface area (Å²) in [6.45, 7) is 6.22. The minimum atomic E-state index is -0.593. The maximum Gasteiger partial charge on any atom is 0.261 e. The number of benzene rings is 2. The van der Waals surface area contributed by atoms with Crippen molar-refractivity contribution < 1.29 is 19.0 Å². The van der Waals surface area contributed by atoms with Gasteiger partial charge in [-0.05, 0) is 48.6 Å². The van der Waals surface area contributed by atoms with Crippen LogP contribution in [0.2, 0.25) is 0 Å². The van der Waals surface area contributed by atoms with Crippen LogP contribution in [0.25, 0.3) is 0 Å². The summed E-state index contributed by atoms with van der Waals surface area (Å²) in [5, 5.41) is 3.17. The van der Waals surface area contributed by atoms with Crippen LogP contribution >= 0.6 is 0 Å². The topological polar surface area (TPSA) is 56.8 Å². The number of amides is 1. The summed E-state index contributed by atoms with van der Waals surface area (Å²) >= 11 is 0. The highest BCUT2D eigenvalue weighted by Gasteiger charge is 2.24. The van der Waals surface area contributed by atoms with Crippen LogP contribution in [0.4, 0.5) is 0 Å². The molecule has 0 radical (unpaired) electrons. The molecule has 28 heavy (non-hydrogen) atoms. The second kappa shape index (κ2) is 10.6. The molecule has 0 aliphatic carbocycles. The number of methoxy groups -OCH3 is 2. The molecule has 0 spiro atoms. The Balaban J connectivity index is 2.15. The van der Waals surface area contributed by atoms with Crippen molar-refractivity contribution in [2.75, 3.05) is 14.2 Å². The van der Waals surface area contributed by atoms with E-state index in [1.165, 1.54) is 0 Å². The first-order valence-electron chi connectivity index (χ1n) is 9.72. The van der Waals surface area contributed by atoms with Crippen LogP contribution in [0.1, 0.15) is 45.2 Å². The fraction of sp³-hybridized carbons (Fsp3) is 0.435. The van der Waals surface area contributed by atoms with Crippen molar-refractivity contribution in [3.63, 3.8) is 0 Å². The number of carbonyl (C=O) groups excluding carboxylic acids is 1. The van der Waals surface area contributed by atoms with Crippen molar-refractivity contribution in [3.05, 3.63) is 54.1 Å². The molecule has 0 aliphatic heterocycles. The average Bonchev–Trinajstić information content (AvgIpc) is 2.71. The van der Waals surface area contributed by atoms with E-state index < -0.39 is 6.10 Å². The SMILES string of the molecule is CC[C@H](Oc1ccccc1OC)C(=O)N[C@H](CC(C)C)c1ccc(OC)cc1. The Morgan fingerprint density at radius 3 is 2.14 bits per heavy atom. The van der Waals surface area contributed by atoms with E-state index in [2.05, 4.69) is 19.2 Å². The molecule has 2 aromatic rings. The smallest absolute Gasteiger partial charge is 0.261 e. The molecular weight excluding hydrogens is 354 g/mol. The Bertz CT molecular complexity index is 743. The molecule has 152 valence electrons. The number of hydrogen-bond donors (Lipinski definition) is 1. The highest BCUT2D eigenvalue weighted by atomic mass is 16.5. The summed E-state index contributed by atoms with van der Waals surface area (Å²) in [6, 6.07) is 15.1. The van der Waals surface area contributed by atoms with E-state index in [-0.39, 0.29) is 11.9 Å². The predicted octanol–water partition coefficient (Wildman–Crippen LogP) is 4.76. The monoisotopic (exact) mass is 385 g/mol. The minimum absolute atomic E-state index is 0.0891. The molecule has 0 aromatic heterocycles. The van der Waals surface area contributed by atoms with E-state index >= 15 is 0 Å². The van der Waals surface area contributed by atoms with Gasteiger partial charge in [0.15, 0.2) is 17.6 Å². The predicted molar refractivity (Wildman–Crippen MR) is 111 cm³/mol. The molecule has 0 bridgehead atoms. The highest BCUT2D eigenvalue weighted by molar-refractivity contribution is 5.81. The summed E-state index contributed by atoms with van der Waals surface area (Å²) in [4.78, 5) is 13.0. The first kappa shape index (κ1) is 21.6. The van der Waals surface area contributed by atoms with Crippen LogP contribution in [-0.2, 0) is 4.79 Å². The number of hydrogen-bond acceptors (Lipinski definition) is 4. The lowest BCUT2D eigenvalue weighted by Crippen LogP contribution is -2.40. The van der Waals surface area contributed by atoms with Crippen LogP contribution in [0.15, 0.2) is 48.5 Å². The van der Waals surface area contributed by atoms with Crippen molar-refractivity contribution in [1.29, 1.82) is 0 Å². The molecule has 0 saturated heterocycles. The molecule has 1 N–H and O–H groups in total. The Hall–Kier alpha value is -2.69. The first-order chi connectivity index (χ1) is 13.5. The molecule has 0 saturated carbocycles. The van der Waals surface area contributed by atoms with Gasteiger partial charge >= 0.3 is 0 Å². The van der Waals surface area contributed by atoms with Gasteiger partial charge in [0.1, 0.15) is 5.75 Å². The summed E-state index contributed by atoms with van der Waals surface area (Å²) in [6.07, 6.45) is 0.800. The Morgan fingerprint density at radius 2 is 1.61 bits per heavy atom. The number of ether oxygens (including phenoxy) is 3. The second-order valence-corrected chi connectivity index (χ2v) is 7.13. The molecule has 2 atom stereocenters. The van der Waals surface area contributed by atoms with Gasteiger partial charge in [-0.15, -0.1) is 0 Å². The summed E-state index contributed by atoms with van der Waals surface area (Å²) in [5.41, 5.74) is 1.05. The molecule has 1 amide bonds. The number of nitrogens with one attached hydrogen (secondary N) is 1. The van der Waals surface area contributed by atoms with Gasteiger partial charge in [0.25, 0.3) is 5.91 Å². The van der Waals surface area contributed by atoms with Crippen molar-refractivity contribution in [3.8, 4) is 17.2 Å². The number of rotatable bonds is 10. The van der Waals surface area contributed by atoms with Gasteiger partial charge in [0.2, 0.25) is 0 Å². The van der Waals surface area contributed by atoms with Crippen LogP contribution in [-0.4, -0.2) is 26.2 Å². The third kappa shape index (κ3) is 5.91. The summed E-state index contributed by atoms with van der Waals surface area (Å²) in [5.74, 6) is 2.28. The Morgan fingerprint density at radius 1 is 0.964 bits per heavy atom. The largest absolute Gasteiger partial charge is 0.497 e. The van der Waals surface area contributed by atoms with Crippen LogP contribution in [0, 0.1) is 5.92 Å². The minimum Gasteiger partial charge on any atom is -0.497 e. The average molecular weight is 386 g/mol. The zero-order valence-corrected chi connectivity index (χ0v) is 17.4. The van der Waals surface area contributed by atoms with E-state index in [0.717, 1.165) is 17.7 Å². The van der Waals surface area contributed by atoms with E-state index in [0.29, 0.717) is 23.8 Å². The third-order valence-corrected chi connectivity index (χ3v) is 4.54. The maximum atomic E-state index is 13.0. The molecule has 2 rings (SSSR count). The first-order valence-corrected chi connectivity index (χ1v) is 9.72. The Kier molecular flexibility index (Phi) is 8.18. The molecule has 2 aromatic carbocycles. The van der Waals surface area contributed by atoms with E-state index in [1.807, 2.05) is 55.5 Å². The Labute approximate surface area is 168 Å². The summed E-state index contributed by atoms with van der Waals surface area (Å²) in [7, 11) is 3.23. The molecule has 0 aliphatic rings. The van der Waals surface area contributed by atoms with Crippen molar-refractivity contribution >= 4 is 5.91 Å². The van der Waals surface area contributed by atoms with E-state index in [4.69, 9.17) is 14.2 Å². The fourth-order valence-electron chi connectivity index (χ4n) is 3.04. The van der Waals surface area contributed by atoms with Gasteiger partial charge in [-0.2, -0.15) is 0 Å². The lowest BCUT2D eigenvalue weighted by Gasteiger charge is -2.25. The normalized spacial score (nSPS) is 12.9. The molecule has 5 nitrogen and oxygen atoms in total. The summed E-state index contributed by atoms with van der Waals surface area (Å²) < 4.78 is 16.5.